The van der Waals surface area contributed by atoms with E-state index in [4.69, 9.17) is 0 Å². The van der Waals surface area contributed by atoms with Crippen molar-refractivity contribution in [2.45, 2.75) is 32.9 Å². The van der Waals surface area contributed by atoms with Gasteiger partial charge in [-0.3, -0.25) is 0 Å². The molecule has 2 aromatic heterocycles. The summed E-state index contributed by atoms with van der Waals surface area (Å²) < 4.78 is 28.3. The van der Waals surface area contributed by atoms with Crippen LogP contribution in [0.5, 0.6) is 0 Å². The van der Waals surface area contributed by atoms with Crippen molar-refractivity contribution >= 4 is 15.8 Å². The van der Waals surface area contributed by atoms with Crippen LogP contribution in [0, 0.1) is 0 Å². The Balaban J connectivity index is 1.68. The molecule has 1 aliphatic rings. The van der Waals surface area contributed by atoms with E-state index in [0.717, 1.165) is 17.3 Å². The highest BCUT2D eigenvalue weighted by Gasteiger charge is 2.25. The molecule has 0 bridgehead atoms. The van der Waals surface area contributed by atoms with Gasteiger partial charge in [-0.05, 0) is 18.6 Å². The zero-order valence-electron chi connectivity index (χ0n) is 13.9. The van der Waals surface area contributed by atoms with Crippen LogP contribution < -0.4 is 5.32 Å². The van der Waals surface area contributed by atoms with E-state index in [-0.39, 0.29) is 5.75 Å². The molecule has 7 nitrogen and oxygen atoms in total. The third kappa shape index (κ3) is 3.76. The van der Waals surface area contributed by atoms with Gasteiger partial charge < -0.3 is 9.88 Å². The first-order valence-corrected chi connectivity index (χ1v) is 9.87. The first-order valence-electron chi connectivity index (χ1n) is 8.26. The predicted molar refractivity (Wildman–Crippen MR) is 93.1 cm³/mol. The lowest BCUT2D eigenvalue weighted by Crippen LogP contribution is -2.35. The molecule has 1 aliphatic heterocycles. The quantitative estimate of drug-likeness (QED) is 0.855. The minimum Gasteiger partial charge on any atom is -0.364 e. The van der Waals surface area contributed by atoms with Crippen molar-refractivity contribution in [1.29, 1.82) is 0 Å². The van der Waals surface area contributed by atoms with Crippen LogP contribution in [0.1, 0.15) is 24.9 Å². The summed E-state index contributed by atoms with van der Waals surface area (Å²) in [5.41, 5.74) is 1.05. The van der Waals surface area contributed by atoms with Gasteiger partial charge in [-0.25, -0.2) is 18.4 Å². The average Bonchev–Trinajstić information content (AvgIpc) is 2.82. The Kier molecular flexibility index (Phi) is 5.15. The Labute approximate surface area is 142 Å². The van der Waals surface area contributed by atoms with Crippen LogP contribution in [0.2, 0.25) is 0 Å². The molecule has 0 aliphatic carbocycles. The molecule has 0 atom stereocenters. The summed E-state index contributed by atoms with van der Waals surface area (Å²) in [7, 11) is -3.15. The second-order valence-corrected chi connectivity index (χ2v) is 7.94. The number of fused-ring (bicyclic) bond motifs is 1. The van der Waals surface area contributed by atoms with Gasteiger partial charge in [0.15, 0.2) is 0 Å². The molecule has 0 spiro atoms. The molecule has 0 amide bonds. The van der Waals surface area contributed by atoms with Gasteiger partial charge in [0.05, 0.1) is 24.2 Å². The number of hydrogen-bond acceptors (Lipinski definition) is 5. The lowest BCUT2D eigenvalue weighted by molar-refractivity contribution is 0.413. The van der Waals surface area contributed by atoms with Gasteiger partial charge in [0.1, 0.15) is 11.6 Å². The van der Waals surface area contributed by atoms with E-state index < -0.39 is 10.0 Å². The van der Waals surface area contributed by atoms with Crippen molar-refractivity contribution in [3.63, 3.8) is 0 Å². The fourth-order valence-electron chi connectivity index (χ4n) is 2.93. The third-order valence-electron chi connectivity index (χ3n) is 4.15. The third-order valence-corrected chi connectivity index (χ3v) is 6.23. The highest BCUT2D eigenvalue weighted by atomic mass is 32.2. The van der Waals surface area contributed by atoms with Crippen molar-refractivity contribution in [3.8, 4) is 0 Å². The minimum absolute atomic E-state index is 0.212. The van der Waals surface area contributed by atoms with E-state index in [2.05, 4.69) is 19.9 Å². The average molecular weight is 349 g/mol. The maximum Gasteiger partial charge on any atom is 0.214 e. The fourth-order valence-corrected chi connectivity index (χ4v) is 4.43. The molecule has 0 aromatic carbocycles. The van der Waals surface area contributed by atoms with Crippen molar-refractivity contribution in [1.82, 2.24) is 18.8 Å². The van der Waals surface area contributed by atoms with Gasteiger partial charge in [0.2, 0.25) is 10.0 Å². The summed E-state index contributed by atoms with van der Waals surface area (Å²) >= 11 is 0. The Morgan fingerprint density at radius 1 is 1.21 bits per heavy atom. The van der Waals surface area contributed by atoms with Gasteiger partial charge in [0, 0.05) is 32.3 Å². The van der Waals surface area contributed by atoms with Crippen molar-refractivity contribution < 1.29 is 8.42 Å². The van der Waals surface area contributed by atoms with Crippen LogP contribution in [-0.4, -0.2) is 46.1 Å². The normalized spacial score (nSPS) is 15.7. The van der Waals surface area contributed by atoms with Gasteiger partial charge in [0.25, 0.3) is 0 Å². The monoisotopic (exact) mass is 349 g/mol. The number of sulfonamides is 1. The van der Waals surface area contributed by atoms with E-state index in [1.54, 1.807) is 10.5 Å². The smallest absolute Gasteiger partial charge is 0.214 e. The maximum atomic E-state index is 12.3. The highest BCUT2D eigenvalue weighted by Crippen LogP contribution is 2.15. The summed E-state index contributed by atoms with van der Waals surface area (Å²) in [4.78, 5) is 8.72. The van der Waals surface area contributed by atoms with Gasteiger partial charge >= 0.3 is 0 Å². The SMILES string of the molecule is CCCS(=O)(=O)N1CCc2ncc(CNc3ccccn3)n2CC1. The number of hydrogen-bond donors (Lipinski definition) is 1. The first kappa shape index (κ1) is 16.9. The summed E-state index contributed by atoms with van der Waals surface area (Å²) in [6.07, 6.45) is 4.90. The number of nitrogens with one attached hydrogen (secondary N) is 1. The Hall–Kier alpha value is -1.93. The van der Waals surface area contributed by atoms with Crippen molar-refractivity contribution in [3.05, 3.63) is 42.1 Å². The van der Waals surface area contributed by atoms with E-state index in [1.165, 1.54) is 0 Å². The second-order valence-electron chi connectivity index (χ2n) is 5.85. The summed E-state index contributed by atoms with van der Waals surface area (Å²) in [5.74, 6) is 1.97. The van der Waals surface area contributed by atoms with Gasteiger partial charge in [-0.15, -0.1) is 0 Å². The molecule has 0 unspecified atom stereocenters. The molecule has 3 heterocycles. The number of rotatable bonds is 6. The maximum absolute atomic E-state index is 12.3. The zero-order chi connectivity index (χ0) is 17.0. The molecule has 24 heavy (non-hydrogen) atoms. The summed E-state index contributed by atoms with van der Waals surface area (Å²) in [6, 6.07) is 5.73. The van der Waals surface area contributed by atoms with Gasteiger partial charge in [-0.1, -0.05) is 13.0 Å². The molecule has 1 N–H and O–H groups in total. The topological polar surface area (TPSA) is 80.1 Å². The van der Waals surface area contributed by atoms with Crippen LogP contribution in [0.25, 0.3) is 0 Å². The lowest BCUT2D eigenvalue weighted by Gasteiger charge is -2.19. The van der Waals surface area contributed by atoms with Crippen LogP contribution >= 0.6 is 0 Å². The lowest BCUT2D eigenvalue weighted by atomic mass is 10.4. The minimum atomic E-state index is -3.15. The van der Waals surface area contributed by atoms with Gasteiger partial charge in [-0.2, -0.15) is 4.31 Å². The zero-order valence-corrected chi connectivity index (χ0v) is 14.7. The highest BCUT2D eigenvalue weighted by molar-refractivity contribution is 7.89. The van der Waals surface area contributed by atoms with Crippen LogP contribution in [0.15, 0.2) is 30.6 Å². The molecule has 0 radical (unpaired) electrons. The van der Waals surface area contributed by atoms with Crippen molar-refractivity contribution in [2.24, 2.45) is 0 Å². The first-order chi connectivity index (χ1) is 11.6. The molecular weight excluding hydrogens is 326 g/mol. The largest absolute Gasteiger partial charge is 0.364 e. The Morgan fingerprint density at radius 3 is 2.83 bits per heavy atom. The van der Waals surface area contributed by atoms with Crippen LogP contribution in [0.4, 0.5) is 5.82 Å². The molecule has 0 saturated heterocycles. The van der Waals surface area contributed by atoms with Crippen LogP contribution in [-0.2, 0) is 29.5 Å². The molecular formula is C16H23N5O2S. The summed E-state index contributed by atoms with van der Waals surface area (Å²) in [6.45, 7) is 4.15. The molecule has 0 fully saturated rings. The number of pyridine rings is 1. The number of aromatic nitrogens is 3. The van der Waals surface area contributed by atoms with Crippen molar-refractivity contribution in [2.75, 3.05) is 24.2 Å². The van der Waals surface area contributed by atoms with E-state index in [9.17, 15) is 8.42 Å². The molecule has 8 heteroatoms. The number of imidazole rings is 1. The Morgan fingerprint density at radius 2 is 2.08 bits per heavy atom. The molecule has 3 rings (SSSR count). The number of nitrogens with zero attached hydrogens (tertiary/aromatic N) is 4. The Bertz CT molecular complexity index is 773. The van der Waals surface area contributed by atoms with E-state index in [0.29, 0.717) is 39.0 Å². The standard InChI is InChI=1S/C16H23N5O2S/c1-2-11-24(22,23)20-8-6-16-19-13-14(21(16)10-9-20)12-18-15-5-3-4-7-17-15/h3-5,7,13H,2,6,8-12H2,1H3,(H,17,18). The fraction of sp³-hybridized carbons (Fsp3) is 0.500. The van der Waals surface area contributed by atoms with E-state index >= 15 is 0 Å². The second kappa shape index (κ2) is 7.31. The predicted octanol–water partition coefficient (Wildman–Crippen LogP) is 1.49. The molecule has 130 valence electrons. The van der Waals surface area contributed by atoms with Crippen LogP contribution in [0.3, 0.4) is 0 Å². The summed E-state index contributed by atoms with van der Waals surface area (Å²) in [5, 5.41) is 3.28. The molecule has 2 aromatic rings. The molecule has 0 saturated carbocycles. The number of anilines is 1. The van der Waals surface area contributed by atoms with E-state index in [1.807, 2.05) is 31.3 Å².